The number of methoxy groups -OCH3 is 1. The molecule has 1 aliphatic rings. The number of carbonyl (C=O) groups excluding carboxylic acids is 2. The molecule has 2 amide bonds. The minimum absolute atomic E-state index is 0.0317. The zero-order chi connectivity index (χ0) is 18.6. The van der Waals surface area contributed by atoms with Crippen LogP contribution in [0.2, 0.25) is 0 Å². The van der Waals surface area contributed by atoms with E-state index < -0.39 is 5.60 Å². The Kier molecular flexibility index (Phi) is 6.32. The molecule has 1 N–H and O–H groups in total. The third kappa shape index (κ3) is 5.63. The lowest BCUT2D eigenvalue weighted by molar-refractivity contribution is 0.0199. The number of ether oxygens (including phenoxy) is 2. The van der Waals surface area contributed by atoms with Crippen LogP contribution >= 0.6 is 15.9 Å². The SMILES string of the molecule is COc1ccc(Br)c(C(=O)NC2CCN(C(=O)OC(C)(C)C)CC2)c1. The van der Waals surface area contributed by atoms with Crippen molar-refractivity contribution < 1.29 is 19.1 Å². The van der Waals surface area contributed by atoms with Gasteiger partial charge in [0.2, 0.25) is 0 Å². The van der Waals surface area contributed by atoms with E-state index in [1.165, 1.54) is 0 Å². The molecule has 0 aliphatic carbocycles. The van der Waals surface area contributed by atoms with Gasteiger partial charge in [-0.2, -0.15) is 0 Å². The first-order valence-corrected chi connectivity index (χ1v) is 9.11. The predicted molar refractivity (Wildman–Crippen MR) is 99.0 cm³/mol. The number of carbonyl (C=O) groups is 2. The van der Waals surface area contributed by atoms with Crippen molar-refractivity contribution in [2.24, 2.45) is 0 Å². The molecular formula is C18H25BrN2O4. The largest absolute Gasteiger partial charge is 0.497 e. The highest BCUT2D eigenvalue weighted by Crippen LogP contribution is 2.23. The van der Waals surface area contributed by atoms with Gasteiger partial charge in [-0.25, -0.2) is 4.79 Å². The maximum Gasteiger partial charge on any atom is 0.410 e. The van der Waals surface area contributed by atoms with E-state index >= 15 is 0 Å². The van der Waals surface area contributed by atoms with Crippen LogP contribution in [-0.2, 0) is 4.74 Å². The second-order valence-electron chi connectivity index (χ2n) is 7.06. The van der Waals surface area contributed by atoms with Crippen molar-refractivity contribution in [3.63, 3.8) is 0 Å². The standard InChI is InChI=1S/C18H25BrN2O4/c1-18(2,3)25-17(23)21-9-7-12(8-10-21)20-16(22)14-11-13(24-4)5-6-15(14)19/h5-6,11-12H,7-10H2,1-4H3,(H,20,22). The zero-order valence-corrected chi connectivity index (χ0v) is 16.7. The average Bonchev–Trinajstić information content (AvgIpc) is 2.54. The fourth-order valence-corrected chi connectivity index (χ4v) is 3.03. The second-order valence-corrected chi connectivity index (χ2v) is 7.92. The first kappa shape index (κ1) is 19.6. The van der Waals surface area contributed by atoms with E-state index in [1.54, 1.807) is 30.2 Å². The molecule has 0 atom stereocenters. The Morgan fingerprint density at radius 3 is 2.44 bits per heavy atom. The summed E-state index contributed by atoms with van der Waals surface area (Å²) in [4.78, 5) is 26.3. The summed E-state index contributed by atoms with van der Waals surface area (Å²) in [7, 11) is 1.57. The Bertz CT molecular complexity index is 634. The molecule has 0 bridgehead atoms. The molecule has 1 heterocycles. The molecule has 1 aromatic carbocycles. The molecule has 0 unspecified atom stereocenters. The third-order valence-corrected chi connectivity index (χ3v) is 4.59. The second kappa shape index (κ2) is 8.08. The topological polar surface area (TPSA) is 67.9 Å². The van der Waals surface area contributed by atoms with Gasteiger partial charge in [0.05, 0.1) is 12.7 Å². The Morgan fingerprint density at radius 1 is 1.24 bits per heavy atom. The van der Waals surface area contributed by atoms with Gasteiger partial charge >= 0.3 is 6.09 Å². The number of nitrogens with zero attached hydrogens (tertiary/aromatic N) is 1. The highest BCUT2D eigenvalue weighted by molar-refractivity contribution is 9.10. The van der Waals surface area contributed by atoms with E-state index in [9.17, 15) is 9.59 Å². The molecular weight excluding hydrogens is 388 g/mol. The van der Waals surface area contributed by atoms with Gasteiger partial charge in [0, 0.05) is 23.6 Å². The van der Waals surface area contributed by atoms with Crippen LogP contribution in [0.3, 0.4) is 0 Å². The third-order valence-electron chi connectivity index (χ3n) is 3.90. The maximum absolute atomic E-state index is 12.5. The van der Waals surface area contributed by atoms with Gasteiger partial charge in [-0.3, -0.25) is 4.79 Å². The van der Waals surface area contributed by atoms with Crippen molar-refractivity contribution in [1.82, 2.24) is 10.2 Å². The van der Waals surface area contributed by atoms with E-state index in [-0.39, 0.29) is 18.0 Å². The average molecular weight is 413 g/mol. The summed E-state index contributed by atoms with van der Waals surface area (Å²) >= 11 is 3.40. The summed E-state index contributed by atoms with van der Waals surface area (Å²) in [6.45, 7) is 6.69. The Hall–Kier alpha value is -1.76. The Morgan fingerprint density at radius 2 is 1.88 bits per heavy atom. The predicted octanol–water partition coefficient (Wildman–Crippen LogP) is 3.59. The summed E-state index contributed by atoms with van der Waals surface area (Å²) < 4.78 is 11.3. The molecule has 0 aromatic heterocycles. The quantitative estimate of drug-likeness (QED) is 0.823. The Labute approximate surface area is 157 Å². The number of amides is 2. The van der Waals surface area contributed by atoms with Crippen molar-refractivity contribution in [2.45, 2.75) is 45.3 Å². The minimum Gasteiger partial charge on any atom is -0.497 e. The van der Waals surface area contributed by atoms with E-state index in [1.807, 2.05) is 20.8 Å². The number of nitrogens with one attached hydrogen (secondary N) is 1. The smallest absolute Gasteiger partial charge is 0.410 e. The van der Waals surface area contributed by atoms with Crippen molar-refractivity contribution in [2.75, 3.05) is 20.2 Å². The summed E-state index contributed by atoms with van der Waals surface area (Å²) in [5.74, 6) is 0.481. The van der Waals surface area contributed by atoms with Gasteiger partial charge in [-0.05, 0) is 67.7 Å². The molecule has 7 heteroatoms. The molecule has 6 nitrogen and oxygen atoms in total. The molecule has 1 aliphatic heterocycles. The number of piperidine rings is 1. The summed E-state index contributed by atoms with van der Waals surface area (Å²) in [5.41, 5.74) is 0.0368. The first-order chi connectivity index (χ1) is 11.7. The number of likely N-dealkylation sites (tertiary alicyclic amines) is 1. The molecule has 1 aromatic rings. The Balaban J connectivity index is 1.90. The van der Waals surface area contributed by atoms with Gasteiger partial charge in [-0.15, -0.1) is 0 Å². The maximum atomic E-state index is 12.5. The molecule has 2 rings (SSSR count). The minimum atomic E-state index is -0.499. The van der Waals surface area contributed by atoms with Crippen LogP contribution in [0, 0.1) is 0 Å². The van der Waals surface area contributed by atoms with Gasteiger partial charge in [0.1, 0.15) is 11.4 Å². The van der Waals surface area contributed by atoms with Crippen molar-refractivity contribution in [3.8, 4) is 5.75 Å². The van der Waals surface area contributed by atoms with Crippen LogP contribution < -0.4 is 10.1 Å². The normalized spacial score (nSPS) is 15.6. The van der Waals surface area contributed by atoms with E-state index in [0.29, 0.717) is 37.2 Å². The van der Waals surface area contributed by atoms with E-state index in [2.05, 4.69) is 21.2 Å². The van der Waals surface area contributed by atoms with Crippen molar-refractivity contribution in [1.29, 1.82) is 0 Å². The molecule has 1 saturated heterocycles. The molecule has 25 heavy (non-hydrogen) atoms. The summed E-state index contributed by atoms with van der Waals surface area (Å²) in [6.07, 6.45) is 1.10. The monoisotopic (exact) mass is 412 g/mol. The van der Waals surface area contributed by atoms with Gasteiger partial charge in [0.25, 0.3) is 5.91 Å². The van der Waals surface area contributed by atoms with Crippen LogP contribution in [0.1, 0.15) is 44.0 Å². The fraction of sp³-hybridized carbons (Fsp3) is 0.556. The van der Waals surface area contributed by atoms with Crippen LogP contribution in [0.5, 0.6) is 5.75 Å². The lowest BCUT2D eigenvalue weighted by Gasteiger charge is -2.33. The summed E-state index contributed by atoms with van der Waals surface area (Å²) in [5, 5.41) is 3.03. The highest BCUT2D eigenvalue weighted by atomic mass is 79.9. The zero-order valence-electron chi connectivity index (χ0n) is 15.1. The molecule has 0 saturated carbocycles. The van der Waals surface area contributed by atoms with Crippen molar-refractivity contribution >= 4 is 27.9 Å². The van der Waals surface area contributed by atoms with Gasteiger partial charge < -0.3 is 19.7 Å². The van der Waals surface area contributed by atoms with Crippen LogP contribution in [0.4, 0.5) is 4.79 Å². The van der Waals surface area contributed by atoms with E-state index in [4.69, 9.17) is 9.47 Å². The number of hydrogen-bond acceptors (Lipinski definition) is 4. The van der Waals surface area contributed by atoms with E-state index in [0.717, 1.165) is 4.47 Å². The highest BCUT2D eigenvalue weighted by Gasteiger charge is 2.27. The van der Waals surface area contributed by atoms with Gasteiger partial charge in [-0.1, -0.05) is 0 Å². The van der Waals surface area contributed by atoms with Gasteiger partial charge in [0.15, 0.2) is 0 Å². The molecule has 1 fully saturated rings. The molecule has 0 spiro atoms. The van der Waals surface area contributed by atoms with Crippen LogP contribution in [-0.4, -0.2) is 48.7 Å². The van der Waals surface area contributed by atoms with Crippen molar-refractivity contribution in [3.05, 3.63) is 28.2 Å². The number of benzene rings is 1. The fourth-order valence-electron chi connectivity index (χ4n) is 2.60. The van der Waals surface area contributed by atoms with Crippen LogP contribution in [0.15, 0.2) is 22.7 Å². The molecule has 138 valence electrons. The first-order valence-electron chi connectivity index (χ1n) is 8.32. The molecule has 0 radical (unpaired) electrons. The summed E-state index contributed by atoms with van der Waals surface area (Å²) in [6, 6.07) is 5.32. The van der Waals surface area contributed by atoms with Crippen LogP contribution in [0.25, 0.3) is 0 Å². The number of halogens is 1. The lowest BCUT2D eigenvalue weighted by atomic mass is 10.0. The lowest BCUT2D eigenvalue weighted by Crippen LogP contribution is -2.47. The number of hydrogen-bond donors (Lipinski definition) is 1. The number of rotatable bonds is 3.